The van der Waals surface area contributed by atoms with Crippen molar-refractivity contribution in [1.29, 1.82) is 0 Å². The van der Waals surface area contributed by atoms with Crippen LogP contribution in [0, 0.1) is 11.3 Å². The number of rotatable bonds is 1. The molecule has 5 bridgehead atoms. The molecule has 4 amide bonds. The fourth-order valence-electron chi connectivity index (χ4n) is 5.09. The predicted octanol–water partition coefficient (Wildman–Crippen LogP) is 2.95. The Morgan fingerprint density at radius 1 is 1.00 bits per heavy atom. The second-order valence-electron chi connectivity index (χ2n) is 12.1. The molecule has 10 nitrogen and oxygen atoms in total. The van der Waals surface area contributed by atoms with Gasteiger partial charge < -0.3 is 15.5 Å². The van der Waals surface area contributed by atoms with Gasteiger partial charge in [-0.05, 0) is 64.2 Å². The third kappa shape index (κ3) is 6.59. The molecule has 3 N–H and O–H groups in total. The first-order chi connectivity index (χ1) is 19.3. The molecule has 1 saturated heterocycles. The molecule has 220 valence electrons. The molecule has 2 aromatic rings. The highest BCUT2D eigenvalue weighted by Crippen LogP contribution is 2.25. The summed E-state index contributed by atoms with van der Waals surface area (Å²) in [4.78, 5) is 59.9. The monoisotopic (exact) mass is 562 g/mol. The average Bonchev–Trinajstić information content (AvgIpc) is 2.95. The minimum atomic E-state index is -0.915. The van der Waals surface area contributed by atoms with Gasteiger partial charge in [-0.2, -0.15) is 0 Å². The van der Waals surface area contributed by atoms with E-state index in [2.05, 4.69) is 16.1 Å². The maximum Gasteiger partial charge on any atom is 0.258 e. The van der Waals surface area contributed by atoms with Gasteiger partial charge in [0.2, 0.25) is 17.7 Å². The second kappa shape index (κ2) is 12.0. The van der Waals surface area contributed by atoms with Crippen molar-refractivity contribution in [2.75, 3.05) is 13.6 Å². The number of amides is 4. The number of pyridine rings is 1. The van der Waals surface area contributed by atoms with E-state index < -0.39 is 29.4 Å². The summed E-state index contributed by atoms with van der Waals surface area (Å²) >= 11 is 0. The highest BCUT2D eigenvalue weighted by atomic mass is 16.2. The van der Waals surface area contributed by atoms with Gasteiger partial charge in [0.05, 0.1) is 22.7 Å². The zero-order valence-electron chi connectivity index (χ0n) is 25.0. The number of nitrogens with one attached hydrogen (secondary N) is 3. The number of hydrogen-bond donors (Lipinski definition) is 3. The molecule has 0 aliphatic carbocycles. The fourth-order valence-corrected chi connectivity index (χ4v) is 5.09. The van der Waals surface area contributed by atoms with Gasteiger partial charge >= 0.3 is 0 Å². The third-order valence-corrected chi connectivity index (χ3v) is 8.09. The van der Waals surface area contributed by atoms with Crippen LogP contribution in [0.3, 0.4) is 0 Å². The summed E-state index contributed by atoms with van der Waals surface area (Å²) in [5.41, 5.74) is 4.58. The van der Waals surface area contributed by atoms with Crippen molar-refractivity contribution < 1.29 is 19.2 Å². The number of carbonyl (C=O) groups is 4. The van der Waals surface area contributed by atoms with Crippen LogP contribution < -0.4 is 16.1 Å². The molecule has 1 aromatic heterocycles. The Morgan fingerprint density at radius 2 is 1.71 bits per heavy atom. The summed E-state index contributed by atoms with van der Waals surface area (Å²) in [5.74, 6) is -1.43. The summed E-state index contributed by atoms with van der Waals surface area (Å²) in [5, 5.41) is 8.04. The minimum Gasteiger partial charge on any atom is -0.343 e. The van der Waals surface area contributed by atoms with Crippen molar-refractivity contribution in [3.05, 3.63) is 47.7 Å². The largest absolute Gasteiger partial charge is 0.343 e. The first-order valence-corrected chi connectivity index (χ1v) is 14.3. The van der Waals surface area contributed by atoms with Gasteiger partial charge in [-0.15, -0.1) is 0 Å². The first-order valence-electron chi connectivity index (χ1n) is 14.3. The van der Waals surface area contributed by atoms with E-state index in [1.54, 1.807) is 32.7 Å². The fraction of sp³-hybridized carbons (Fsp3) is 0.516. The molecule has 4 unspecified atom stereocenters. The normalized spacial score (nSPS) is 26.3. The van der Waals surface area contributed by atoms with E-state index >= 15 is 0 Å². The minimum absolute atomic E-state index is 0.138. The smallest absolute Gasteiger partial charge is 0.258 e. The number of carbonyl (C=O) groups excluding carboxylic acids is 4. The Bertz CT molecular complexity index is 1370. The second-order valence-corrected chi connectivity index (χ2v) is 12.1. The van der Waals surface area contributed by atoms with E-state index in [0.717, 1.165) is 22.2 Å². The first kappa shape index (κ1) is 30.2. The molecule has 0 saturated carbocycles. The van der Waals surface area contributed by atoms with Crippen LogP contribution in [0.25, 0.3) is 17.0 Å². The van der Waals surface area contributed by atoms with Gasteiger partial charge in [0.1, 0.15) is 18.1 Å². The van der Waals surface area contributed by atoms with Crippen molar-refractivity contribution >= 4 is 40.6 Å². The summed E-state index contributed by atoms with van der Waals surface area (Å²) in [6, 6.07) is 7.24. The maximum atomic E-state index is 13.5. The number of fused-ring (bicyclic) bond motifs is 4. The van der Waals surface area contributed by atoms with Gasteiger partial charge in [0, 0.05) is 19.0 Å². The topological polar surface area (TPSA) is 124 Å². The lowest BCUT2D eigenvalue weighted by atomic mass is 9.89. The lowest BCUT2D eigenvalue weighted by Crippen LogP contribution is -2.62. The van der Waals surface area contributed by atoms with E-state index in [0.29, 0.717) is 19.4 Å². The van der Waals surface area contributed by atoms with Gasteiger partial charge in [0.15, 0.2) is 0 Å². The molecular weight excluding hydrogens is 520 g/mol. The number of likely N-dealkylation sites (N-methyl/N-ethyl adjacent to an activating group) is 1. The lowest BCUT2D eigenvalue weighted by molar-refractivity contribution is -0.146. The molecule has 2 aliphatic heterocycles. The van der Waals surface area contributed by atoms with Crippen LogP contribution in [0.4, 0.5) is 0 Å². The van der Waals surface area contributed by atoms with E-state index in [-0.39, 0.29) is 29.7 Å². The van der Waals surface area contributed by atoms with Crippen LogP contribution in [0.15, 0.2) is 36.4 Å². The number of hydrazine groups is 1. The van der Waals surface area contributed by atoms with Crippen LogP contribution in [0.2, 0.25) is 0 Å². The Labute approximate surface area is 241 Å². The molecule has 2 aliphatic rings. The lowest BCUT2D eigenvalue weighted by Gasteiger charge is -2.37. The van der Waals surface area contributed by atoms with Gasteiger partial charge in [-0.1, -0.05) is 44.2 Å². The molecule has 10 heteroatoms. The SMILES string of the molecule is CC1NC(=O)C(C(C)C)NC(=O)C(C)(C)C=Cc2ccc3ccc(nc3c2)C(C)N(C)C(=O)C2CCCN(N2)C1=O. The van der Waals surface area contributed by atoms with Crippen molar-refractivity contribution in [2.45, 2.75) is 78.6 Å². The van der Waals surface area contributed by atoms with Crippen LogP contribution in [-0.4, -0.2) is 70.2 Å². The van der Waals surface area contributed by atoms with Crippen molar-refractivity contribution in [3.8, 4) is 0 Å². The summed E-state index contributed by atoms with van der Waals surface area (Å²) in [6.07, 6.45) is 4.91. The number of nitrogens with zero attached hydrogens (tertiary/aromatic N) is 3. The van der Waals surface area contributed by atoms with Gasteiger partial charge in [0.25, 0.3) is 5.91 Å². The molecule has 4 atom stereocenters. The summed E-state index contributed by atoms with van der Waals surface area (Å²) in [6.45, 7) is 11.2. The van der Waals surface area contributed by atoms with E-state index in [1.165, 1.54) is 5.01 Å². The van der Waals surface area contributed by atoms with E-state index in [9.17, 15) is 19.2 Å². The highest BCUT2D eigenvalue weighted by molar-refractivity contribution is 5.94. The Balaban J connectivity index is 1.73. The number of benzene rings is 1. The Hall–Kier alpha value is -3.79. The third-order valence-electron chi connectivity index (χ3n) is 8.09. The van der Waals surface area contributed by atoms with Crippen LogP contribution in [-0.2, 0) is 19.2 Å². The van der Waals surface area contributed by atoms with E-state index in [1.807, 2.05) is 63.3 Å². The van der Waals surface area contributed by atoms with Crippen LogP contribution >= 0.6 is 0 Å². The van der Waals surface area contributed by atoms with Crippen molar-refractivity contribution in [2.24, 2.45) is 11.3 Å². The number of hydrogen-bond acceptors (Lipinski definition) is 6. The van der Waals surface area contributed by atoms with Gasteiger partial charge in [-0.3, -0.25) is 29.2 Å². The Morgan fingerprint density at radius 3 is 2.41 bits per heavy atom. The Kier molecular flexibility index (Phi) is 8.82. The molecular formula is C31H42N6O4. The van der Waals surface area contributed by atoms with Crippen LogP contribution in [0.5, 0.6) is 0 Å². The van der Waals surface area contributed by atoms with Crippen molar-refractivity contribution in [1.82, 2.24) is 31.0 Å². The molecule has 4 rings (SSSR count). The standard InChI is InChI=1S/C31H42N6O4/c1-18(2)26-27(38)32-19(3)28(39)37-16-8-9-24(35-37)29(40)36(7)20(4)23-13-12-22-11-10-21(17-25(22)33-23)14-15-31(5,6)30(41)34-26/h10-15,17-20,24,26,35H,8-9,16H2,1-7H3,(H,32,38)(H,34,41). The highest BCUT2D eigenvalue weighted by Gasteiger charge is 2.36. The van der Waals surface area contributed by atoms with Gasteiger partial charge in [-0.25, -0.2) is 5.43 Å². The van der Waals surface area contributed by atoms with E-state index in [4.69, 9.17) is 4.98 Å². The molecule has 1 aromatic carbocycles. The average molecular weight is 563 g/mol. The predicted molar refractivity (Wildman–Crippen MR) is 158 cm³/mol. The summed E-state index contributed by atoms with van der Waals surface area (Å²) < 4.78 is 0. The quantitative estimate of drug-likeness (QED) is 0.491. The zero-order chi connectivity index (χ0) is 30.1. The number of aromatic nitrogens is 1. The molecule has 0 radical (unpaired) electrons. The maximum absolute atomic E-state index is 13.5. The molecule has 3 heterocycles. The summed E-state index contributed by atoms with van der Waals surface area (Å²) in [7, 11) is 1.75. The molecule has 41 heavy (non-hydrogen) atoms. The van der Waals surface area contributed by atoms with Crippen LogP contribution in [0.1, 0.15) is 71.7 Å². The van der Waals surface area contributed by atoms with Crippen molar-refractivity contribution in [3.63, 3.8) is 0 Å². The zero-order valence-corrected chi connectivity index (χ0v) is 25.0. The molecule has 1 fully saturated rings. The molecule has 0 spiro atoms.